The van der Waals surface area contributed by atoms with E-state index in [1.165, 1.54) is 20.9 Å². The number of benzene rings is 2. The number of piperazine rings is 1. The van der Waals surface area contributed by atoms with Gasteiger partial charge >= 0.3 is 18.0 Å². The number of hydrogen-bond acceptors (Lipinski definition) is 7. The van der Waals surface area contributed by atoms with Gasteiger partial charge in [-0.1, -0.05) is 41.6 Å². The van der Waals surface area contributed by atoms with Crippen LogP contribution in [0.25, 0.3) is 0 Å². The summed E-state index contributed by atoms with van der Waals surface area (Å²) in [4.78, 5) is 40.3. The molecule has 2 saturated heterocycles. The van der Waals surface area contributed by atoms with E-state index in [0.29, 0.717) is 24.8 Å². The smallest absolute Gasteiger partial charge is 0.409 e. The number of cyclic esters (lactones) is 1. The topological polar surface area (TPSA) is 111 Å². The number of carbonyl (C=O) groups is 3. The maximum absolute atomic E-state index is 11.6. The lowest BCUT2D eigenvalue weighted by Crippen LogP contribution is -2.49. The van der Waals surface area contributed by atoms with Gasteiger partial charge < -0.3 is 19.8 Å². The Bertz CT molecular complexity index is 1190. The van der Waals surface area contributed by atoms with Gasteiger partial charge in [-0.3, -0.25) is 9.80 Å². The first kappa shape index (κ1) is 28.0. The number of rotatable bonds is 6. The SMILES string of the molecule is O=C(O)C=CC(=O)O.O=C1OCCN1CCN1CCN(C2Cc3cc(Cl)ccc3Sc3ccccc32)CC1. The summed E-state index contributed by atoms with van der Waals surface area (Å²) >= 11 is 8.18. The number of aliphatic carboxylic acids is 2. The van der Waals surface area contributed by atoms with E-state index in [9.17, 15) is 14.4 Å². The summed E-state index contributed by atoms with van der Waals surface area (Å²) in [6.45, 7) is 7.03. The Morgan fingerprint density at radius 1 is 0.974 bits per heavy atom. The van der Waals surface area contributed by atoms with E-state index in [4.69, 9.17) is 26.6 Å². The number of nitrogens with zero attached hydrogens (tertiary/aromatic N) is 3. The molecule has 2 aromatic carbocycles. The summed E-state index contributed by atoms with van der Waals surface area (Å²) < 4.78 is 5.03. The summed E-state index contributed by atoms with van der Waals surface area (Å²) in [5.74, 6) is -2.51. The van der Waals surface area contributed by atoms with Crippen LogP contribution < -0.4 is 0 Å². The molecule has 3 aliphatic rings. The zero-order chi connectivity index (χ0) is 27.1. The van der Waals surface area contributed by atoms with E-state index in [0.717, 1.165) is 57.3 Å². The van der Waals surface area contributed by atoms with Gasteiger partial charge in [0.2, 0.25) is 0 Å². The lowest BCUT2D eigenvalue weighted by atomic mass is 9.96. The van der Waals surface area contributed by atoms with Crippen LogP contribution >= 0.6 is 23.4 Å². The van der Waals surface area contributed by atoms with Crippen LogP contribution in [0, 0.1) is 0 Å². The molecule has 1 unspecified atom stereocenters. The highest BCUT2D eigenvalue weighted by atomic mass is 35.5. The van der Waals surface area contributed by atoms with E-state index in [1.54, 1.807) is 0 Å². The fourth-order valence-electron chi connectivity index (χ4n) is 4.75. The molecule has 3 aliphatic heterocycles. The number of carboxylic acid groups (broad SMARTS) is 2. The van der Waals surface area contributed by atoms with Crippen molar-refractivity contribution in [2.24, 2.45) is 0 Å². The standard InChI is InChI=1S/C23H26ClN3O2S.C4H4O4/c24-18-5-6-21-17(15-18)16-20(19-3-1-2-4-22(19)30-21)26-10-7-25(8-11-26)9-12-27-13-14-29-23(27)28;5-3(6)1-2-4(7)8/h1-6,15,20H,7-14,16H2;1-2H,(H,5,6)(H,7,8). The maximum atomic E-state index is 11.6. The Morgan fingerprint density at radius 3 is 2.34 bits per heavy atom. The molecule has 0 aromatic heterocycles. The molecule has 2 N–H and O–H groups in total. The first-order chi connectivity index (χ1) is 18.3. The second-order valence-electron chi connectivity index (χ2n) is 9.10. The van der Waals surface area contributed by atoms with Gasteiger partial charge in [0.25, 0.3) is 0 Å². The van der Waals surface area contributed by atoms with Crippen molar-refractivity contribution in [3.8, 4) is 0 Å². The summed E-state index contributed by atoms with van der Waals surface area (Å²) in [7, 11) is 0. The number of carbonyl (C=O) groups excluding carboxylic acids is 1. The predicted octanol–water partition coefficient (Wildman–Crippen LogP) is 3.87. The minimum atomic E-state index is -1.26. The molecule has 38 heavy (non-hydrogen) atoms. The highest BCUT2D eigenvalue weighted by Gasteiger charge is 2.30. The Hall–Kier alpha value is -3.05. The van der Waals surface area contributed by atoms with E-state index in [-0.39, 0.29) is 6.09 Å². The van der Waals surface area contributed by atoms with Crippen LogP contribution in [0.15, 0.2) is 64.4 Å². The second-order valence-corrected chi connectivity index (χ2v) is 10.6. The third-order valence-corrected chi connectivity index (χ3v) is 8.13. The first-order valence-electron chi connectivity index (χ1n) is 12.4. The maximum Gasteiger partial charge on any atom is 0.409 e. The summed E-state index contributed by atoms with van der Waals surface area (Å²) in [5, 5.41) is 16.4. The number of hydrogen-bond donors (Lipinski definition) is 2. The van der Waals surface area contributed by atoms with Crippen molar-refractivity contribution >= 4 is 41.4 Å². The third-order valence-electron chi connectivity index (χ3n) is 6.68. The summed E-state index contributed by atoms with van der Waals surface area (Å²) in [6.07, 6.45) is 1.93. The van der Waals surface area contributed by atoms with Gasteiger partial charge in [-0.25, -0.2) is 14.4 Å². The molecule has 0 bridgehead atoms. The van der Waals surface area contributed by atoms with Crippen molar-refractivity contribution < 1.29 is 29.3 Å². The molecule has 0 saturated carbocycles. The van der Waals surface area contributed by atoms with Gasteiger partial charge in [0.15, 0.2) is 0 Å². The Balaban J connectivity index is 0.000000368. The van der Waals surface area contributed by atoms with Crippen LogP contribution in [0.1, 0.15) is 17.2 Å². The minimum Gasteiger partial charge on any atom is -0.478 e. The fourth-order valence-corrected chi connectivity index (χ4v) is 6.06. The Morgan fingerprint density at radius 2 is 1.68 bits per heavy atom. The zero-order valence-electron chi connectivity index (χ0n) is 20.8. The molecule has 5 rings (SSSR count). The molecule has 202 valence electrons. The lowest BCUT2D eigenvalue weighted by molar-refractivity contribution is -0.134. The van der Waals surface area contributed by atoms with Crippen molar-refractivity contribution in [1.29, 1.82) is 0 Å². The normalized spacial score (nSPS) is 19.7. The van der Waals surface area contributed by atoms with Gasteiger partial charge in [0.1, 0.15) is 6.61 Å². The average molecular weight is 560 g/mol. The van der Waals surface area contributed by atoms with Gasteiger partial charge in [-0.2, -0.15) is 0 Å². The van der Waals surface area contributed by atoms with Crippen LogP contribution in [0.5, 0.6) is 0 Å². The summed E-state index contributed by atoms with van der Waals surface area (Å²) in [6, 6.07) is 15.5. The van der Waals surface area contributed by atoms with Crippen molar-refractivity contribution in [1.82, 2.24) is 14.7 Å². The highest BCUT2D eigenvalue weighted by Crippen LogP contribution is 2.43. The van der Waals surface area contributed by atoms with E-state index < -0.39 is 11.9 Å². The average Bonchev–Trinajstić information content (AvgIpc) is 3.24. The number of amides is 1. The molecular weight excluding hydrogens is 530 g/mol. The van der Waals surface area contributed by atoms with E-state index in [1.807, 2.05) is 22.7 Å². The number of halogens is 1. The third kappa shape index (κ3) is 7.50. The monoisotopic (exact) mass is 559 g/mol. The Labute approximate surface area is 230 Å². The molecule has 1 atom stereocenters. The van der Waals surface area contributed by atoms with Gasteiger partial charge in [0, 0.05) is 72.3 Å². The Kier molecular flexibility index (Phi) is 9.68. The molecule has 0 spiro atoms. The van der Waals surface area contributed by atoms with E-state index >= 15 is 0 Å². The van der Waals surface area contributed by atoms with Crippen molar-refractivity contribution in [3.05, 3.63) is 70.8 Å². The molecule has 11 heteroatoms. The van der Waals surface area contributed by atoms with Crippen LogP contribution in [0.3, 0.4) is 0 Å². The van der Waals surface area contributed by atoms with E-state index in [2.05, 4.69) is 46.2 Å². The quantitative estimate of drug-likeness (QED) is 0.509. The van der Waals surface area contributed by atoms with Gasteiger partial charge in [0.05, 0.1) is 6.54 Å². The van der Waals surface area contributed by atoms with Crippen LogP contribution in [-0.2, 0) is 20.7 Å². The number of fused-ring (bicyclic) bond motifs is 2. The van der Waals surface area contributed by atoms with Crippen molar-refractivity contribution in [2.45, 2.75) is 22.3 Å². The molecule has 0 aliphatic carbocycles. The zero-order valence-corrected chi connectivity index (χ0v) is 22.4. The minimum absolute atomic E-state index is 0.168. The molecule has 9 nitrogen and oxygen atoms in total. The molecule has 1 amide bonds. The molecule has 2 fully saturated rings. The van der Waals surface area contributed by atoms with Gasteiger partial charge in [-0.05, 0) is 41.8 Å². The van der Waals surface area contributed by atoms with Crippen LogP contribution in [-0.4, -0.2) is 95.4 Å². The molecule has 2 aromatic rings. The molecule has 0 radical (unpaired) electrons. The molecule has 3 heterocycles. The fraction of sp³-hybridized carbons (Fsp3) is 0.370. The van der Waals surface area contributed by atoms with Crippen LogP contribution in [0.2, 0.25) is 5.02 Å². The van der Waals surface area contributed by atoms with Crippen LogP contribution in [0.4, 0.5) is 4.79 Å². The van der Waals surface area contributed by atoms with Gasteiger partial charge in [-0.15, -0.1) is 0 Å². The second kappa shape index (κ2) is 13.1. The lowest BCUT2D eigenvalue weighted by Gasteiger charge is -2.40. The predicted molar refractivity (Wildman–Crippen MR) is 144 cm³/mol. The van der Waals surface area contributed by atoms with Crippen molar-refractivity contribution in [3.63, 3.8) is 0 Å². The summed E-state index contributed by atoms with van der Waals surface area (Å²) in [5.41, 5.74) is 2.76. The number of carboxylic acids is 2. The number of ether oxygens (including phenoxy) is 1. The first-order valence-corrected chi connectivity index (χ1v) is 13.6. The highest BCUT2D eigenvalue weighted by molar-refractivity contribution is 7.99. The largest absolute Gasteiger partial charge is 0.478 e. The van der Waals surface area contributed by atoms with Crippen molar-refractivity contribution in [2.75, 3.05) is 52.4 Å². The molecular formula is C27H30ClN3O6S.